The Morgan fingerprint density at radius 2 is 2.17 bits per heavy atom. The summed E-state index contributed by atoms with van der Waals surface area (Å²) < 4.78 is 16.0. The Morgan fingerprint density at radius 3 is 2.58 bits per heavy atom. The van der Waals surface area contributed by atoms with Crippen LogP contribution < -0.4 is 0 Å². The van der Waals surface area contributed by atoms with E-state index in [9.17, 15) is 0 Å². The van der Waals surface area contributed by atoms with Gasteiger partial charge in [0, 0.05) is 1.37 Å². The van der Waals surface area contributed by atoms with Gasteiger partial charge in [0.05, 0.1) is 1.37 Å². The highest BCUT2D eigenvalue weighted by atomic mass is 14.3. The van der Waals surface area contributed by atoms with Crippen LogP contribution in [0.3, 0.4) is 0 Å². The van der Waals surface area contributed by atoms with Gasteiger partial charge in [-0.05, 0) is 37.0 Å². The largest absolute Gasteiger partial charge is 0.0827 e. The van der Waals surface area contributed by atoms with E-state index in [2.05, 4.69) is 20.8 Å². The maximum Gasteiger partial charge on any atom is 0.0578 e. The average molecular weight is 168 g/mol. The summed E-state index contributed by atoms with van der Waals surface area (Å²) >= 11 is 0. The van der Waals surface area contributed by atoms with E-state index in [1.807, 2.05) is 13.8 Å². The first kappa shape index (κ1) is 7.17. The Bertz CT molecular complexity index is 256. The Hall–Kier alpha value is -0.260. The SMILES string of the molecule is [2H]C1=C(C)C[C@H](C(C)(C)C)C[C@]1([2H])C. The molecule has 0 unspecified atom stereocenters. The Labute approximate surface area is 79.9 Å². The van der Waals surface area contributed by atoms with Crippen LogP contribution in [-0.2, 0) is 0 Å². The van der Waals surface area contributed by atoms with Crippen LogP contribution in [0.25, 0.3) is 0 Å². The molecule has 0 amide bonds. The summed E-state index contributed by atoms with van der Waals surface area (Å²) in [5.41, 5.74) is 1.36. The molecule has 0 fully saturated rings. The summed E-state index contributed by atoms with van der Waals surface area (Å²) in [6.07, 6.45) is 1.82. The van der Waals surface area contributed by atoms with Crippen molar-refractivity contribution in [3.8, 4) is 0 Å². The first-order chi connectivity index (χ1) is 6.14. The van der Waals surface area contributed by atoms with Crippen LogP contribution in [0, 0.1) is 17.2 Å². The topological polar surface area (TPSA) is 0 Å². The van der Waals surface area contributed by atoms with Crippen molar-refractivity contribution < 1.29 is 2.74 Å². The molecule has 1 rings (SSSR count). The minimum Gasteiger partial charge on any atom is -0.0827 e. The van der Waals surface area contributed by atoms with E-state index >= 15 is 0 Å². The van der Waals surface area contributed by atoms with Crippen LogP contribution in [0.1, 0.15) is 50.2 Å². The molecule has 0 aliphatic heterocycles. The van der Waals surface area contributed by atoms with Crippen LogP contribution >= 0.6 is 0 Å². The van der Waals surface area contributed by atoms with E-state index in [1.54, 1.807) is 0 Å². The Balaban J connectivity index is 2.96. The molecule has 0 aromatic carbocycles. The fourth-order valence-corrected chi connectivity index (χ4v) is 1.89. The maximum absolute atomic E-state index is 8.13. The third kappa shape index (κ3) is 2.36. The van der Waals surface area contributed by atoms with Gasteiger partial charge in [-0.2, -0.15) is 0 Å². The molecule has 0 bridgehead atoms. The van der Waals surface area contributed by atoms with Crippen molar-refractivity contribution in [1.82, 2.24) is 0 Å². The molecule has 0 N–H and O–H groups in total. The van der Waals surface area contributed by atoms with Crippen molar-refractivity contribution in [3.63, 3.8) is 0 Å². The van der Waals surface area contributed by atoms with E-state index in [1.165, 1.54) is 0 Å². The monoisotopic (exact) mass is 168 g/mol. The standard InChI is InChI=1S/C12H22/c1-9-6-10(2)8-11(7-9)12(3,4)5/h6,9,11H,7-8H2,1-5H3/t9-,11-/m1/s1/i6D,9D. The summed E-state index contributed by atoms with van der Waals surface area (Å²) in [4.78, 5) is 0. The predicted octanol–water partition coefficient (Wildman–Crippen LogP) is 4.02. The van der Waals surface area contributed by atoms with Crippen molar-refractivity contribution in [3.05, 3.63) is 11.6 Å². The van der Waals surface area contributed by atoms with E-state index < -0.39 is 5.89 Å². The van der Waals surface area contributed by atoms with Crippen LogP contribution in [-0.4, -0.2) is 0 Å². The molecule has 2 atom stereocenters. The van der Waals surface area contributed by atoms with E-state index in [4.69, 9.17) is 2.74 Å². The number of hydrogen-bond acceptors (Lipinski definition) is 0. The molecular formula is C12H22. The second kappa shape index (κ2) is 3.24. The minimum atomic E-state index is -0.666. The molecule has 70 valence electrons. The highest BCUT2D eigenvalue weighted by Gasteiger charge is 2.28. The zero-order valence-corrected chi connectivity index (χ0v) is 8.99. The zero-order valence-electron chi connectivity index (χ0n) is 11.0. The Morgan fingerprint density at radius 1 is 1.58 bits per heavy atom. The lowest BCUT2D eigenvalue weighted by atomic mass is 9.70. The summed E-state index contributed by atoms with van der Waals surface area (Å²) in [5.74, 6) is -0.126. The molecule has 12 heavy (non-hydrogen) atoms. The minimum absolute atomic E-state index is 0.254. The molecule has 0 heterocycles. The van der Waals surface area contributed by atoms with Gasteiger partial charge in [-0.25, -0.2) is 0 Å². The predicted molar refractivity (Wildman–Crippen MR) is 55.1 cm³/mol. The molecule has 0 aromatic heterocycles. The van der Waals surface area contributed by atoms with E-state index in [0.29, 0.717) is 12.0 Å². The van der Waals surface area contributed by atoms with Gasteiger partial charge in [0.15, 0.2) is 0 Å². The van der Waals surface area contributed by atoms with Gasteiger partial charge in [-0.15, -0.1) is 0 Å². The molecule has 0 saturated heterocycles. The average Bonchev–Trinajstić information content (AvgIpc) is 1.97. The maximum atomic E-state index is 8.13. The quantitative estimate of drug-likeness (QED) is 0.479. The van der Waals surface area contributed by atoms with Gasteiger partial charge in [0.1, 0.15) is 0 Å². The Kier molecular flexibility index (Phi) is 1.94. The van der Waals surface area contributed by atoms with Crippen molar-refractivity contribution in [1.29, 1.82) is 0 Å². The van der Waals surface area contributed by atoms with Crippen LogP contribution in [0.2, 0.25) is 0 Å². The molecule has 0 heteroatoms. The van der Waals surface area contributed by atoms with E-state index in [0.717, 1.165) is 18.4 Å². The van der Waals surface area contributed by atoms with Gasteiger partial charge in [0.25, 0.3) is 0 Å². The molecular weight excluding hydrogens is 144 g/mol. The van der Waals surface area contributed by atoms with Crippen LogP contribution in [0.5, 0.6) is 0 Å². The first-order valence-electron chi connectivity index (χ1n) is 5.81. The summed E-state index contributed by atoms with van der Waals surface area (Å²) in [5, 5.41) is 0. The second-order valence-electron chi connectivity index (χ2n) is 5.16. The smallest absolute Gasteiger partial charge is 0.0578 e. The van der Waals surface area contributed by atoms with Crippen LogP contribution in [0.4, 0.5) is 0 Å². The highest BCUT2D eigenvalue weighted by molar-refractivity contribution is 5.07. The third-order valence-electron chi connectivity index (χ3n) is 2.76. The van der Waals surface area contributed by atoms with E-state index in [-0.39, 0.29) is 5.41 Å². The van der Waals surface area contributed by atoms with Gasteiger partial charge in [-0.1, -0.05) is 39.3 Å². The first-order valence-corrected chi connectivity index (χ1v) is 4.81. The van der Waals surface area contributed by atoms with Gasteiger partial charge in [-0.3, -0.25) is 0 Å². The lowest BCUT2D eigenvalue weighted by Gasteiger charge is -2.35. The molecule has 1 aliphatic carbocycles. The molecule has 1 aliphatic rings. The van der Waals surface area contributed by atoms with Crippen molar-refractivity contribution in [2.45, 2.75) is 47.5 Å². The van der Waals surface area contributed by atoms with Crippen LogP contribution in [0.15, 0.2) is 11.6 Å². The summed E-state index contributed by atoms with van der Waals surface area (Å²) in [7, 11) is 0. The van der Waals surface area contributed by atoms with Crippen molar-refractivity contribution >= 4 is 0 Å². The third-order valence-corrected chi connectivity index (χ3v) is 2.76. The normalized spacial score (nSPS) is 40.9. The van der Waals surface area contributed by atoms with Crippen molar-refractivity contribution in [2.75, 3.05) is 0 Å². The molecule has 0 nitrogen and oxygen atoms in total. The number of rotatable bonds is 0. The lowest BCUT2D eigenvalue weighted by Crippen LogP contribution is -2.25. The van der Waals surface area contributed by atoms with Crippen molar-refractivity contribution in [2.24, 2.45) is 17.2 Å². The van der Waals surface area contributed by atoms with Gasteiger partial charge >= 0.3 is 0 Å². The molecule has 0 radical (unpaired) electrons. The lowest BCUT2D eigenvalue weighted by molar-refractivity contribution is 0.199. The second-order valence-corrected chi connectivity index (χ2v) is 5.16. The molecule has 0 spiro atoms. The zero-order chi connectivity index (χ0) is 11.1. The number of hydrogen-bond donors (Lipinski definition) is 0. The molecule has 0 aromatic rings. The van der Waals surface area contributed by atoms with Gasteiger partial charge < -0.3 is 0 Å². The summed E-state index contributed by atoms with van der Waals surface area (Å²) in [6.45, 7) is 10.6. The molecule has 0 saturated carbocycles. The highest BCUT2D eigenvalue weighted by Crippen LogP contribution is 2.39. The number of allylic oxidation sites excluding steroid dienone is 2. The fraction of sp³-hybridized carbons (Fsp3) is 0.833. The van der Waals surface area contributed by atoms with Gasteiger partial charge in [0.2, 0.25) is 0 Å². The fourth-order valence-electron chi connectivity index (χ4n) is 1.89. The summed E-state index contributed by atoms with van der Waals surface area (Å²) in [6, 6.07) is 0.540.